The van der Waals surface area contributed by atoms with Crippen LogP contribution in [0.1, 0.15) is 42.5 Å². The molecule has 0 saturated carbocycles. The van der Waals surface area contributed by atoms with E-state index in [-0.39, 0.29) is 5.91 Å². The first-order valence-corrected chi connectivity index (χ1v) is 8.99. The lowest BCUT2D eigenvalue weighted by Gasteiger charge is -2.23. The van der Waals surface area contributed by atoms with Crippen molar-refractivity contribution >= 4 is 25.0 Å². The largest absolute Gasteiger partial charge is 0.384 e. The van der Waals surface area contributed by atoms with Gasteiger partial charge in [0.1, 0.15) is 11.3 Å². The lowest BCUT2D eigenvalue weighted by Crippen LogP contribution is -2.35. The highest BCUT2D eigenvalue weighted by Gasteiger charge is 2.24. The number of hydrazone groups is 2. The third kappa shape index (κ3) is 4.61. The third-order valence-electron chi connectivity index (χ3n) is 4.26. The summed E-state index contributed by atoms with van der Waals surface area (Å²) < 4.78 is 0. The van der Waals surface area contributed by atoms with Crippen LogP contribution in [-0.4, -0.2) is 57.4 Å². The second-order valence-corrected chi connectivity index (χ2v) is 6.76. The Morgan fingerprint density at radius 1 is 1.25 bits per heavy atom. The molecule has 1 aromatic carbocycles. The Labute approximate surface area is 165 Å². The second-order valence-electron chi connectivity index (χ2n) is 6.76. The van der Waals surface area contributed by atoms with Gasteiger partial charge in [-0.05, 0) is 39.8 Å². The van der Waals surface area contributed by atoms with Crippen LogP contribution in [0, 0.1) is 6.92 Å². The monoisotopic (exact) mass is 385 g/mol. The van der Waals surface area contributed by atoms with Crippen molar-refractivity contribution in [3.8, 4) is 0 Å². The van der Waals surface area contributed by atoms with Crippen LogP contribution < -0.4 is 5.12 Å². The van der Waals surface area contributed by atoms with Crippen molar-refractivity contribution in [2.75, 3.05) is 18.2 Å². The van der Waals surface area contributed by atoms with E-state index < -0.39 is 5.60 Å². The summed E-state index contributed by atoms with van der Waals surface area (Å²) in [7, 11) is 0. The number of benzene rings is 1. The number of likely N-dealkylation sites (N-methyl/N-ethyl adjacent to an activating group) is 1. The van der Waals surface area contributed by atoms with E-state index in [0.717, 1.165) is 0 Å². The number of aryl methyl sites for hydroxylation is 1. The van der Waals surface area contributed by atoms with Gasteiger partial charge < -0.3 is 10.0 Å². The highest BCUT2D eigenvalue weighted by atomic mass is 16.3. The van der Waals surface area contributed by atoms with Crippen molar-refractivity contribution in [2.45, 2.75) is 39.8 Å². The highest BCUT2D eigenvalue weighted by molar-refractivity contribution is 5.99. The number of rotatable bonds is 9. The van der Waals surface area contributed by atoms with Crippen LogP contribution in [0.5, 0.6) is 0 Å². The maximum absolute atomic E-state index is 13.1. The standard InChI is InChI=1S/C19H27N7O2/c1-7-24(12-13-25-22-14(2)17(23-25)19(3,4)28)18(27)15-10-8-9-11-16(15)26(20-5)21-6/h8-11,28H,5-7,12-13H2,1-4H3. The summed E-state index contributed by atoms with van der Waals surface area (Å²) in [6.45, 7) is 15.3. The Morgan fingerprint density at radius 3 is 2.43 bits per heavy atom. The molecule has 0 bridgehead atoms. The van der Waals surface area contributed by atoms with E-state index in [1.54, 1.807) is 49.9 Å². The molecule has 150 valence electrons. The van der Waals surface area contributed by atoms with Crippen molar-refractivity contribution in [3.63, 3.8) is 0 Å². The average molecular weight is 385 g/mol. The first-order chi connectivity index (χ1) is 13.2. The van der Waals surface area contributed by atoms with Gasteiger partial charge in [0, 0.05) is 26.5 Å². The molecule has 2 aromatic rings. The fraction of sp³-hybridized carbons (Fsp3) is 0.421. The van der Waals surface area contributed by atoms with E-state index in [2.05, 4.69) is 33.8 Å². The molecule has 0 fully saturated rings. The topological polar surface area (TPSA) is 99.2 Å². The van der Waals surface area contributed by atoms with Gasteiger partial charge in [0.25, 0.3) is 5.91 Å². The minimum Gasteiger partial charge on any atom is -0.384 e. The van der Waals surface area contributed by atoms with Crippen molar-refractivity contribution in [1.29, 1.82) is 0 Å². The van der Waals surface area contributed by atoms with Gasteiger partial charge in [-0.15, -0.1) is 0 Å². The van der Waals surface area contributed by atoms with Gasteiger partial charge in [0.15, 0.2) is 0 Å². The number of carbonyl (C=O) groups is 1. The van der Waals surface area contributed by atoms with Gasteiger partial charge >= 0.3 is 0 Å². The number of para-hydroxylation sites is 1. The van der Waals surface area contributed by atoms with E-state index in [4.69, 9.17) is 0 Å². The molecule has 0 spiro atoms. The number of carbonyl (C=O) groups excluding carboxylic acids is 1. The van der Waals surface area contributed by atoms with Crippen molar-refractivity contribution < 1.29 is 9.90 Å². The summed E-state index contributed by atoms with van der Waals surface area (Å²) in [5, 5.41) is 27.6. The minimum atomic E-state index is -1.07. The summed E-state index contributed by atoms with van der Waals surface area (Å²) in [5.74, 6) is -0.165. The molecule has 9 heteroatoms. The predicted octanol–water partition coefficient (Wildman–Crippen LogP) is 2.01. The first-order valence-electron chi connectivity index (χ1n) is 8.99. The fourth-order valence-electron chi connectivity index (χ4n) is 2.91. The molecule has 1 N–H and O–H groups in total. The van der Waals surface area contributed by atoms with Crippen molar-refractivity contribution in [2.24, 2.45) is 10.2 Å². The van der Waals surface area contributed by atoms with Crippen molar-refractivity contribution in [1.82, 2.24) is 19.9 Å². The fourth-order valence-corrected chi connectivity index (χ4v) is 2.91. The van der Waals surface area contributed by atoms with Crippen LogP contribution >= 0.6 is 0 Å². The number of aromatic nitrogens is 3. The third-order valence-corrected chi connectivity index (χ3v) is 4.26. The van der Waals surface area contributed by atoms with Crippen molar-refractivity contribution in [3.05, 3.63) is 41.2 Å². The van der Waals surface area contributed by atoms with Crippen LogP contribution in [0.25, 0.3) is 0 Å². The van der Waals surface area contributed by atoms with Gasteiger partial charge in [-0.1, -0.05) is 12.1 Å². The summed E-state index contributed by atoms with van der Waals surface area (Å²) in [6.07, 6.45) is 0. The molecule has 1 aromatic heterocycles. The van der Waals surface area contributed by atoms with Crippen LogP contribution in [0.15, 0.2) is 34.5 Å². The second kappa shape index (κ2) is 8.75. The lowest BCUT2D eigenvalue weighted by molar-refractivity contribution is 0.0710. The molecule has 0 aliphatic rings. The lowest BCUT2D eigenvalue weighted by atomic mass is 10.0. The number of nitrogens with zero attached hydrogens (tertiary/aromatic N) is 7. The Morgan fingerprint density at radius 2 is 1.89 bits per heavy atom. The number of amides is 1. The zero-order valence-electron chi connectivity index (χ0n) is 16.8. The Hall–Kier alpha value is -3.07. The predicted molar refractivity (Wildman–Crippen MR) is 110 cm³/mol. The Kier molecular flexibility index (Phi) is 6.63. The summed E-state index contributed by atoms with van der Waals surface area (Å²) in [6, 6.07) is 7.02. The van der Waals surface area contributed by atoms with Gasteiger partial charge in [-0.25, -0.2) is 0 Å². The van der Waals surface area contributed by atoms with E-state index in [0.29, 0.717) is 42.3 Å². The molecule has 2 rings (SSSR count). The normalized spacial score (nSPS) is 11.2. The number of aliphatic hydroxyl groups is 1. The van der Waals surface area contributed by atoms with Gasteiger partial charge in [-0.2, -0.15) is 30.3 Å². The molecule has 0 aliphatic heterocycles. The molecular weight excluding hydrogens is 358 g/mol. The van der Waals surface area contributed by atoms with E-state index in [1.807, 2.05) is 6.92 Å². The molecule has 0 saturated heterocycles. The summed E-state index contributed by atoms with van der Waals surface area (Å²) in [5.41, 5.74) is 1.08. The number of anilines is 1. The quantitative estimate of drug-likeness (QED) is 0.526. The van der Waals surface area contributed by atoms with Gasteiger partial charge in [0.05, 0.1) is 23.5 Å². The maximum atomic E-state index is 13.1. The average Bonchev–Trinajstić information content (AvgIpc) is 3.04. The van der Waals surface area contributed by atoms with E-state index in [1.165, 1.54) is 9.91 Å². The zero-order valence-corrected chi connectivity index (χ0v) is 16.8. The smallest absolute Gasteiger partial charge is 0.256 e. The van der Waals surface area contributed by atoms with E-state index in [9.17, 15) is 9.90 Å². The zero-order chi connectivity index (χ0) is 20.9. The molecule has 28 heavy (non-hydrogen) atoms. The molecular formula is C19H27N7O2. The molecule has 1 heterocycles. The molecule has 0 atom stereocenters. The molecule has 0 radical (unpaired) electrons. The maximum Gasteiger partial charge on any atom is 0.256 e. The molecule has 9 nitrogen and oxygen atoms in total. The minimum absolute atomic E-state index is 0.165. The Bertz CT molecular complexity index is 846. The van der Waals surface area contributed by atoms with E-state index >= 15 is 0 Å². The van der Waals surface area contributed by atoms with Crippen LogP contribution in [0.2, 0.25) is 0 Å². The highest BCUT2D eigenvalue weighted by Crippen LogP contribution is 2.23. The SMILES string of the molecule is C=NN(N=C)c1ccccc1C(=O)N(CC)CCn1nc(C)c(C(C)(C)O)n1. The van der Waals surface area contributed by atoms with Gasteiger partial charge in [0.2, 0.25) is 0 Å². The molecule has 0 aliphatic carbocycles. The van der Waals surface area contributed by atoms with Crippen LogP contribution in [0.4, 0.5) is 5.69 Å². The van der Waals surface area contributed by atoms with Crippen LogP contribution in [0.3, 0.4) is 0 Å². The summed E-state index contributed by atoms with van der Waals surface area (Å²) in [4.78, 5) is 16.3. The van der Waals surface area contributed by atoms with Crippen LogP contribution in [-0.2, 0) is 12.1 Å². The van der Waals surface area contributed by atoms with Gasteiger partial charge in [-0.3, -0.25) is 4.79 Å². The Balaban J connectivity index is 2.20. The summed E-state index contributed by atoms with van der Waals surface area (Å²) >= 11 is 0. The number of hydrogen-bond acceptors (Lipinski definition) is 7. The number of hydrogen-bond donors (Lipinski definition) is 1. The molecule has 0 unspecified atom stereocenters. The first kappa shape index (κ1) is 21.2. The molecule has 1 amide bonds.